The fourth-order valence-corrected chi connectivity index (χ4v) is 2.08. The lowest BCUT2D eigenvalue weighted by Crippen LogP contribution is -2.19. The van der Waals surface area contributed by atoms with Gasteiger partial charge in [-0.1, -0.05) is 18.2 Å². The number of hydrazone groups is 1. The van der Waals surface area contributed by atoms with Crippen LogP contribution in [-0.4, -0.2) is 16.5 Å². The van der Waals surface area contributed by atoms with Crippen molar-refractivity contribution in [2.75, 3.05) is 0 Å². The molecule has 0 fully saturated rings. The van der Waals surface area contributed by atoms with Crippen molar-refractivity contribution in [3.63, 3.8) is 0 Å². The fraction of sp³-hybridized carbons (Fsp3) is 0.0667. The molecule has 0 unspecified atom stereocenters. The molecule has 7 heteroatoms. The molecular formula is C15H12IN3O3. The maximum Gasteiger partial charge on any atom is 0.271 e. The molecule has 2 aromatic carbocycles. The van der Waals surface area contributed by atoms with E-state index in [1.807, 2.05) is 24.3 Å². The van der Waals surface area contributed by atoms with Crippen molar-refractivity contribution in [2.45, 2.75) is 6.92 Å². The van der Waals surface area contributed by atoms with Crippen LogP contribution in [0.25, 0.3) is 0 Å². The lowest BCUT2D eigenvalue weighted by Gasteiger charge is -2.03. The van der Waals surface area contributed by atoms with Gasteiger partial charge >= 0.3 is 0 Å². The zero-order valence-corrected chi connectivity index (χ0v) is 13.8. The average Bonchev–Trinajstić information content (AvgIpc) is 2.53. The van der Waals surface area contributed by atoms with Gasteiger partial charge in [-0.2, -0.15) is 5.10 Å². The highest BCUT2D eigenvalue weighted by molar-refractivity contribution is 14.1. The topological polar surface area (TPSA) is 84.6 Å². The molecule has 0 saturated heterocycles. The van der Waals surface area contributed by atoms with E-state index in [0.717, 1.165) is 9.13 Å². The highest BCUT2D eigenvalue weighted by Gasteiger charge is 2.11. The minimum absolute atomic E-state index is 0.133. The Balaban J connectivity index is 2.11. The van der Waals surface area contributed by atoms with Crippen molar-refractivity contribution < 1.29 is 9.72 Å². The third-order valence-corrected chi connectivity index (χ3v) is 3.63. The summed E-state index contributed by atoms with van der Waals surface area (Å²) in [5.74, 6) is -0.492. The fourth-order valence-electron chi connectivity index (χ4n) is 1.72. The Bertz CT molecular complexity index is 742. The van der Waals surface area contributed by atoms with Crippen molar-refractivity contribution in [2.24, 2.45) is 5.10 Å². The number of halogens is 1. The van der Waals surface area contributed by atoms with Gasteiger partial charge in [0.15, 0.2) is 0 Å². The number of amides is 1. The molecule has 6 nitrogen and oxygen atoms in total. The van der Waals surface area contributed by atoms with E-state index in [1.165, 1.54) is 24.3 Å². The monoisotopic (exact) mass is 409 g/mol. The van der Waals surface area contributed by atoms with E-state index in [4.69, 9.17) is 0 Å². The van der Waals surface area contributed by atoms with Gasteiger partial charge in [0.05, 0.1) is 10.6 Å². The second kappa shape index (κ2) is 7.12. The summed E-state index contributed by atoms with van der Waals surface area (Å²) in [6.45, 7) is 1.77. The van der Waals surface area contributed by atoms with Gasteiger partial charge in [0.1, 0.15) is 0 Å². The molecule has 0 aliphatic heterocycles. The first-order valence-corrected chi connectivity index (χ1v) is 7.40. The summed E-state index contributed by atoms with van der Waals surface area (Å²) in [5, 5.41) is 14.7. The summed E-state index contributed by atoms with van der Waals surface area (Å²) in [7, 11) is 0. The molecule has 0 atom stereocenters. The first-order valence-electron chi connectivity index (χ1n) is 6.32. The minimum Gasteiger partial charge on any atom is -0.267 e. The van der Waals surface area contributed by atoms with Crippen LogP contribution in [0.15, 0.2) is 53.6 Å². The Labute approximate surface area is 140 Å². The van der Waals surface area contributed by atoms with Crippen LogP contribution >= 0.6 is 22.6 Å². The van der Waals surface area contributed by atoms with E-state index < -0.39 is 10.8 Å². The summed E-state index contributed by atoms with van der Waals surface area (Å²) in [6, 6.07) is 13.2. The van der Waals surface area contributed by atoms with Crippen LogP contribution in [0.4, 0.5) is 5.69 Å². The largest absolute Gasteiger partial charge is 0.271 e. The maximum absolute atomic E-state index is 12.0. The van der Waals surface area contributed by atoms with Gasteiger partial charge in [-0.25, -0.2) is 5.43 Å². The normalized spacial score (nSPS) is 11.1. The van der Waals surface area contributed by atoms with Crippen LogP contribution in [0.5, 0.6) is 0 Å². The van der Waals surface area contributed by atoms with E-state index in [9.17, 15) is 14.9 Å². The van der Waals surface area contributed by atoms with Gasteiger partial charge in [-0.05, 0) is 53.3 Å². The molecule has 0 aliphatic rings. The second-order valence-corrected chi connectivity index (χ2v) is 5.70. The van der Waals surface area contributed by atoms with Gasteiger partial charge in [0.25, 0.3) is 11.6 Å². The Morgan fingerprint density at radius 3 is 2.50 bits per heavy atom. The maximum atomic E-state index is 12.0. The van der Waals surface area contributed by atoms with Gasteiger partial charge in [0.2, 0.25) is 0 Å². The smallest absolute Gasteiger partial charge is 0.267 e. The number of carbonyl (C=O) groups is 1. The third kappa shape index (κ3) is 4.10. The number of nitrogens with zero attached hydrogens (tertiary/aromatic N) is 2. The van der Waals surface area contributed by atoms with Crippen LogP contribution in [0.2, 0.25) is 0 Å². The molecular weight excluding hydrogens is 397 g/mol. The lowest BCUT2D eigenvalue weighted by molar-refractivity contribution is -0.384. The quantitative estimate of drug-likeness (QED) is 0.364. The highest BCUT2D eigenvalue weighted by atomic mass is 127. The second-order valence-electron chi connectivity index (χ2n) is 4.45. The molecule has 0 aliphatic carbocycles. The zero-order chi connectivity index (χ0) is 16.1. The summed E-state index contributed by atoms with van der Waals surface area (Å²) >= 11 is 2.20. The summed E-state index contributed by atoms with van der Waals surface area (Å²) in [6.07, 6.45) is 0. The van der Waals surface area contributed by atoms with E-state index in [2.05, 4.69) is 33.1 Å². The molecule has 112 valence electrons. The van der Waals surface area contributed by atoms with Crippen molar-refractivity contribution in [3.8, 4) is 0 Å². The summed E-state index contributed by atoms with van der Waals surface area (Å²) < 4.78 is 1.11. The van der Waals surface area contributed by atoms with Gasteiger partial charge in [-0.15, -0.1) is 0 Å². The van der Waals surface area contributed by atoms with E-state index in [0.29, 0.717) is 5.71 Å². The summed E-state index contributed by atoms with van der Waals surface area (Å²) in [4.78, 5) is 22.1. The molecule has 0 radical (unpaired) electrons. The molecule has 0 heterocycles. The number of nitro groups is 1. The first kappa shape index (κ1) is 16.1. The number of hydrogen-bond donors (Lipinski definition) is 1. The molecule has 1 amide bonds. The van der Waals surface area contributed by atoms with Crippen molar-refractivity contribution in [3.05, 3.63) is 73.3 Å². The number of non-ortho nitro benzene ring substituents is 1. The van der Waals surface area contributed by atoms with Crippen molar-refractivity contribution >= 4 is 39.9 Å². The van der Waals surface area contributed by atoms with Crippen LogP contribution in [-0.2, 0) is 0 Å². The van der Waals surface area contributed by atoms with Gasteiger partial charge in [0, 0.05) is 21.3 Å². The number of carbonyl (C=O) groups excluding carboxylic acids is 1. The highest BCUT2D eigenvalue weighted by Crippen LogP contribution is 2.13. The molecule has 0 saturated carbocycles. The van der Waals surface area contributed by atoms with Crippen molar-refractivity contribution in [1.29, 1.82) is 0 Å². The van der Waals surface area contributed by atoms with E-state index in [1.54, 1.807) is 6.92 Å². The van der Waals surface area contributed by atoms with E-state index >= 15 is 0 Å². The van der Waals surface area contributed by atoms with Gasteiger partial charge < -0.3 is 0 Å². The Kier molecular flexibility index (Phi) is 5.21. The Morgan fingerprint density at radius 2 is 1.86 bits per heavy atom. The van der Waals surface area contributed by atoms with E-state index in [-0.39, 0.29) is 11.3 Å². The molecule has 22 heavy (non-hydrogen) atoms. The Hall–Kier alpha value is -2.29. The predicted octanol–water partition coefficient (Wildman–Crippen LogP) is 3.35. The van der Waals surface area contributed by atoms with Gasteiger partial charge in [-0.3, -0.25) is 14.9 Å². The number of hydrogen-bond acceptors (Lipinski definition) is 4. The summed E-state index contributed by atoms with van der Waals surface area (Å²) in [5.41, 5.74) is 3.99. The first-order chi connectivity index (χ1) is 10.5. The lowest BCUT2D eigenvalue weighted by atomic mass is 10.1. The average molecular weight is 409 g/mol. The molecule has 0 bridgehead atoms. The number of nitrogens with one attached hydrogen (secondary N) is 1. The van der Waals surface area contributed by atoms with Crippen molar-refractivity contribution in [1.82, 2.24) is 5.43 Å². The minimum atomic E-state index is -0.545. The van der Waals surface area contributed by atoms with Crippen LogP contribution < -0.4 is 5.43 Å². The molecule has 1 N–H and O–H groups in total. The van der Waals surface area contributed by atoms with Crippen LogP contribution in [0, 0.1) is 13.7 Å². The zero-order valence-electron chi connectivity index (χ0n) is 11.6. The number of rotatable bonds is 4. The molecule has 0 aromatic heterocycles. The van der Waals surface area contributed by atoms with Crippen LogP contribution in [0.1, 0.15) is 22.8 Å². The predicted molar refractivity (Wildman–Crippen MR) is 91.9 cm³/mol. The SMILES string of the molecule is C/C(=N\NC(=O)c1cccc([N+](=O)[O-])c1)c1ccc(I)cc1. The number of benzene rings is 2. The standard InChI is InChI=1S/C15H12IN3O3/c1-10(11-5-7-13(16)8-6-11)17-18-15(20)12-3-2-4-14(9-12)19(21)22/h2-9H,1H3,(H,18,20)/b17-10+. The van der Waals surface area contributed by atoms with Crippen LogP contribution in [0.3, 0.4) is 0 Å². The molecule has 0 spiro atoms. The molecule has 2 aromatic rings. The molecule has 2 rings (SSSR count). The number of nitro benzene ring substituents is 1. The Morgan fingerprint density at radius 1 is 1.18 bits per heavy atom. The third-order valence-electron chi connectivity index (χ3n) is 2.91.